The van der Waals surface area contributed by atoms with Crippen molar-refractivity contribution in [3.8, 4) is 0 Å². The molecule has 2 aromatic rings. The Morgan fingerprint density at radius 3 is 2.91 bits per heavy atom. The molecule has 4 rings (SSSR count). The van der Waals surface area contributed by atoms with E-state index in [4.69, 9.17) is 0 Å². The third-order valence-corrected chi connectivity index (χ3v) is 4.53. The van der Waals surface area contributed by atoms with E-state index in [9.17, 15) is 4.79 Å². The molecule has 7 heteroatoms. The van der Waals surface area contributed by atoms with Crippen LogP contribution in [0.1, 0.15) is 5.56 Å². The second-order valence-electron chi connectivity index (χ2n) is 6.19. The molecule has 2 fully saturated rings. The van der Waals surface area contributed by atoms with Gasteiger partial charge in [-0.15, -0.1) is 0 Å². The molecule has 0 bridgehead atoms. The fourth-order valence-corrected chi connectivity index (χ4v) is 3.43. The maximum Gasteiger partial charge on any atom is 0.326 e. The first-order valence-electron chi connectivity index (χ1n) is 7.90. The Balaban J connectivity index is 1.45. The Hall–Kier alpha value is -2.41. The van der Waals surface area contributed by atoms with E-state index >= 15 is 0 Å². The summed E-state index contributed by atoms with van der Waals surface area (Å²) in [5, 5.41) is 4.22. The summed E-state index contributed by atoms with van der Waals surface area (Å²) in [6.45, 7) is 4.15. The van der Waals surface area contributed by atoms with E-state index in [1.165, 1.54) is 5.56 Å². The molecule has 1 atom stereocenters. The monoisotopic (exact) mass is 312 g/mol. The minimum Gasteiger partial charge on any atom is -0.317 e. The zero-order valence-corrected chi connectivity index (χ0v) is 13.2. The summed E-state index contributed by atoms with van der Waals surface area (Å²) in [6, 6.07) is 5.99. The van der Waals surface area contributed by atoms with Crippen LogP contribution in [0.25, 0.3) is 0 Å². The van der Waals surface area contributed by atoms with E-state index in [1.807, 2.05) is 47.2 Å². The molecule has 0 spiro atoms. The summed E-state index contributed by atoms with van der Waals surface area (Å²) < 4.78 is 1.83. The SMILES string of the molecule is Cn1cc(CN2CCN3C(=O)N(c4ccccn4)C[C@H]3C2)cn1. The number of rotatable bonds is 3. The second-order valence-corrected chi connectivity index (χ2v) is 6.19. The van der Waals surface area contributed by atoms with Crippen LogP contribution in [0.3, 0.4) is 0 Å². The molecule has 0 unspecified atom stereocenters. The largest absolute Gasteiger partial charge is 0.326 e. The number of fused-ring (bicyclic) bond motifs is 1. The molecule has 2 aliphatic rings. The zero-order chi connectivity index (χ0) is 15.8. The molecule has 0 saturated carbocycles. The number of aromatic nitrogens is 3. The van der Waals surface area contributed by atoms with Crippen molar-refractivity contribution in [3.63, 3.8) is 0 Å². The Bertz CT molecular complexity index is 700. The van der Waals surface area contributed by atoms with Crippen LogP contribution < -0.4 is 4.90 Å². The highest BCUT2D eigenvalue weighted by Gasteiger charge is 2.41. The van der Waals surface area contributed by atoms with E-state index in [1.54, 1.807) is 11.1 Å². The average molecular weight is 312 g/mol. The molecule has 0 N–H and O–H groups in total. The van der Waals surface area contributed by atoms with Crippen LogP contribution in [0.4, 0.5) is 10.6 Å². The Kier molecular flexibility index (Phi) is 3.49. The molecule has 2 saturated heterocycles. The van der Waals surface area contributed by atoms with Crippen molar-refractivity contribution in [3.05, 3.63) is 42.4 Å². The minimum atomic E-state index is 0.0785. The van der Waals surface area contributed by atoms with Gasteiger partial charge < -0.3 is 4.90 Å². The van der Waals surface area contributed by atoms with Crippen LogP contribution in [-0.4, -0.2) is 62.8 Å². The van der Waals surface area contributed by atoms with Gasteiger partial charge in [-0.1, -0.05) is 6.07 Å². The summed E-state index contributed by atoms with van der Waals surface area (Å²) in [5.41, 5.74) is 1.21. The lowest BCUT2D eigenvalue weighted by atomic mass is 10.2. The normalized spacial score (nSPS) is 21.8. The summed E-state index contributed by atoms with van der Waals surface area (Å²) in [7, 11) is 1.93. The lowest BCUT2D eigenvalue weighted by Crippen LogP contribution is -2.51. The molecule has 2 aromatic heterocycles. The van der Waals surface area contributed by atoms with Crippen LogP contribution in [0.2, 0.25) is 0 Å². The van der Waals surface area contributed by atoms with E-state index in [0.717, 1.165) is 32.0 Å². The first-order chi connectivity index (χ1) is 11.2. The van der Waals surface area contributed by atoms with Gasteiger partial charge in [0, 0.05) is 51.2 Å². The number of anilines is 1. The van der Waals surface area contributed by atoms with Crippen molar-refractivity contribution in [2.75, 3.05) is 31.1 Å². The standard InChI is InChI=1S/C16H20N6O/c1-19-9-13(8-18-19)10-20-6-7-21-14(11-20)12-22(16(21)23)15-4-2-3-5-17-15/h2-5,8-9,14H,6-7,10-12H2,1H3/t14-/m1/s1. The minimum absolute atomic E-state index is 0.0785. The number of aryl methyl sites for hydroxylation is 1. The van der Waals surface area contributed by atoms with Crippen molar-refractivity contribution in [2.24, 2.45) is 7.05 Å². The van der Waals surface area contributed by atoms with Crippen LogP contribution in [0, 0.1) is 0 Å². The zero-order valence-electron chi connectivity index (χ0n) is 13.2. The van der Waals surface area contributed by atoms with Gasteiger partial charge in [-0.25, -0.2) is 9.78 Å². The number of hydrogen-bond acceptors (Lipinski definition) is 4. The number of carbonyl (C=O) groups is 1. The third kappa shape index (κ3) is 2.68. The first-order valence-corrected chi connectivity index (χ1v) is 7.90. The van der Waals surface area contributed by atoms with Crippen molar-refractivity contribution < 1.29 is 4.79 Å². The van der Waals surface area contributed by atoms with Gasteiger partial charge in [0.25, 0.3) is 0 Å². The second kappa shape index (κ2) is 5.66. The van der Waals surface area contributed by atoms with Crippen LogP contribution in [0.5, 0.6) is 0 Å². The number of urea groups is 1. The van der Waals surface area contributed by atoms with Crippen LogP contribution in [-0.2, 0) is 13.6 Å². The van der Waals surface area contributed by atoms with E-state index < -0.39 is 0 Å². The van der Waals surface area contributed by atoms with E-state index in [2.05, 4.69) is 15.0 Å². The summed E-state index contributed by atoms with van der Waals surface area (Å²) >= 11 is 0. The maximum absolute atomic E-state index is 12.6. The fraction of sp³-hybridized carbons (Fsp3) is 0.438. The van der Waals surface area contributed by atoms with E-state index in [-0.39, 0.29) is 12.1 Å². The number of pyridine rings is 1. The summed E-state index contributed by atoms with van der Waals surface area (Å²) in [5.74, 6) is 0.741. The number of carbonyl (C=O) groups excluding carboxylic acids is 1. The van der Waals surface area contributed by atoms with Crippen LogP contribution in [0.15, 0.2) is 36.8 Å². The Morgan fingerprint density at radius 2 is 2.17 bits per heavy atom. The van der Waals surface area contributed by atoms with Gasteiger partial charge in [0.05, 0.1) is 18.8 Å². The molecule has 0 radical (unpaired) electrons. The summed E-state index contributed by atoms with van der Waals surface area (Å²) in [6.07, 6.45) is 5.69. The maximum atomic E-state index is 12.6. The quantitative estimate of drug-likeness (QED) is 0.846. The Labute approximate surface area is 135 Å². The molecule has 0 aliphatic carbocycles. The third-order valence-electron chi connectivity index (χ3n) is 4.53. The molecule has 2 aliphatic heterocycles. The Morgan fingerprint density at radius 1 is 1.26 bits per heavy atom. The number of amides is 2. The van der Waals surface area contributed by atoms with Crippen molar-refractivity contribution >= 4 is 11.8 Å². The molecule has 23 heavy (non-hydrogen) atoms. The lowest BCUT2D eigenvalue weighted by Gasteiger charge is -2.36. The fourth-order valence-electron chi connectivity index (χ4n) is 3.43. The van der Waals surface area contributed by atoms with Gasteiger partial charge in [-0.05, 0) is 12.1 Å². The smallest absolute Gasteiger partial charge is 0.317 e. The highest BCUT2D eigenvalue weighted by molar-refractivity contribution is 5.93. The van der Waals surface area contributed by atoms with Crippen molar-refractivity contribution in [1.29, 1.82) is 0 Å². The predicted octanol–water partition coefficient (Wildman–Crippen LogP) is 0.941. The average Bonchev–Trinajstić information content (AvgIpc) is 3.12. The molecular weight excluding hydrogens is 292 g/mol. The first kappa shape index (κ1) is 14.2. The van der Waals surface area contributed by atoms with Gasteiger partial charge in [0.15, 0.2) is 0 Å². The molecule has 0 aromatic carbocycles. The molecular formula is C16H20N6O. The lowest BCUT2D eigenvalue weighted by molar-refractivity contribution is 0.116. The van der Waals surface area contributed by atoms with Crippen molar-refractivity contribution in [1.82, 2.24) is 24.6 Å². The van der Waals surface area contributed by atoms with E-state index in [0.29, 0.717) is 6.54 Å². The van der Waals surface area contributed by atoms with Gasteiger partial charge in [0.2, 0.25) is 0 Å². The van der Waals surface area contributed by atoms with Gasteiger partial charge >= 0.3 is 6.03 Å². The predicted molar refractivity (Wildman–Crippen MR) is 86.0 cm³/mol. The number of nitrogens with zero attached hydrogens (tertiary/aromatic N) is 6. The van der Waals surface area contributed by atoms with Crippen LogP contribution >= 0.6 is 0 Å². The highest BCUT2D eigenvalue weighted by Crippen LogP contribution is 2.25. The topological polar surface area (TPSA) is 57.5 Å². The van der Waals surface area contributed by atoms with Gasteiger partial charge in [-0.3, -0.25) is 14.5 Å². The molecule has 2 amide bonds. The van der Waals surface area contributed by atoms with Gasteiger partial charge in [0.1, 0.15) is 5.82 Å². The summed E-state index contributed by atoms with van der Waals surface area (Å²) in [4.78, 5) is 23.1. The molecule has 120 valence electrons. The number of piperazine rings is 1. The van der Waals surface area contributed by atoms with Gasteiger partial charge in [-0.2, -0.15) is 5.10 Å². The molecule has 7 nitrogen and oxygen atoms in total. The van der Waals surface area contributed by atoms with Crippen molar-refractivity contribution in [2.45, 2.75) is 12.6 Å². The molecule has 4 heterocycles. The highest BCUT2D eigenvalue weighted by atomic mass is 16.2. The number of hydrogen-bond donors (Lipinski definition) is 0.